The molecule has 0 spiro atoms. The van der Waals surface area contributed by atoms with Crippen LogP contribution in [0.15, 0.2) is 28.8 Å². The molecular weight excluding hydrogens is 136 g/mol. The molecule has 0 saturated carbocycles. The molecule has 1 heterocycles. The van der Waals surface area contributed by atoms with Gasteiger partial charge in [-0.25, -0.2) is 0 Å². The molecule has 2 nitrogen and oxygen atoms in total. The van der Waals surface area contributed by atoms with Gasteiger partial charge in [0, 0.05) is 26.4 Å². The van der Waals surface area contributed by atoms with Crippen molar-refractivity contribution in [3.05, 3.63) is 23.8 Å². The fourth-order valence-corrected chi connectivity index (χ4v) is 1.32. The standard InChI is InChI=1S/C9H14N2/c1-4-8-6-11(3)7-9(8)5-10-2/h4-5H,1,6-7H2,2-3H3/b10-5-. The lowest BCUT2D eigenvalue weighted by atomic mass is 10.2. The first-order valence-corrected chi connectivity index (χ1v) is 3.73. The molecule has 0 bridgehead atoms. The lowest BCUT2D eigenvalue weighted by Gasteiger charge is -2.04. The Morgan fingerprint density at radius 3 is 2.64 bits per heavy atom. The van der Waals surface area contributed by atoms with Gasteiger partial charge in [-0.15, -0.1) is 0 Å². The van der Waals surface area contributed by atoms with Crippen LogP contribution in [0.1, 0.15) is 0 Å². The first-order chi connectivity index (χ1) is 5.27. The van der Waals surface area contributed by atoms with Crippen molar-refractivity contribution in [2.24, 2.45) is 4.99 Å². The highest BCUT2D eigenvalue weighted by molar-refractivity contribution is 5.82. The summed E-state index contributed by atoms with van der Waals surface area (Å²) in [6.07, 6.45) is 3.83. The molecule has 0 fully saturated rings. The van der Waals surface area contributed by atoms with E-state index in [0.717, 1.165) is 13.1 Å². The summed E-state index contributed by atoms with van der Waals surface area (Å²) in [6, 6.07) is 0. The Morgan fingerprint density at radius 1 is 1.45 bits per heavy atom. The van der Waals surface area contributed by atoms with Gasteiger partial charge in [-0.3, -0.25) is 9.89 Å². The molecule has 1 aliphatic rings. The van der Waals surface area contributed by atoms with Crippen LogP contribution in [0.2, 0.25) is 0 Å². The van der Waals surface area contributed by atoms with Gasteiger partial charge in [0.05, 0.1) is 0 Å². The van der Waals surface area contributed by atoms with Crippen LogP contribution in [0.3, 0.4) is 0 Å². The lowest BCUT2D eigenvalue weighted by molar-refractivity contribution is 0.429. The maximum atomic E-state index is 3.99. The second kappa shape index (κ2) is 3.49. The smallest absolute Gasteiger partial charge is 0.0277 e. The zero-order valence-electron chi connectivity index (χ0n) is 7.17. The first kappa shape index (κ1) is 8.21. The highest BCUT2D eigenvalue weighted by atomic mass is 15.1. The van der Waals surface area contributed by atoms with Crippen LogP contribution in [0, 0.1) is 0 Å². The third-order valence-corrected chi connectivity index (χ3v) is 1.82. The van der Waals surface area contributed by atoms with Gasteiger partial charge in [0.2, 0.25) is 0 Å². The maximum absolute atomic E-state index is 3.99. The fraction of sp³-hybridized carbons (Fsp3) is 0.444. The van der Waals surface area contributed by atoms with E-state index in [9.17, 15) is 0 Å². The van der Waals surface area contributed by atoms with E-state index in [2.05, 4.69) is 23.5 Å². The topological polar surface area (TPSA) is 15.6 Å². The predicted octanol–water partition coefficient (Wildman–Crippen LogP) is 1.11. The predicted molar refractivity (Wildman–Crippen MR) is 49.1 cm³/mol. The van der Waals surface area contributed by atoms with Crippen molar-refractivity contribution in [3.63, 3.8) is 0 Å². The monoisotopic (exact) mass is 150 g/mol. The van der Waals surface area contributed by atoms with Crippen molar-refractivity contribution in [1.29, 1.82) is 0 Å². The highest BCUT2D eigenvalue weighted by Crippen LogP contribution is 2.14. The van der Waals surface area contributed by atoms with Gasteiger partial charge in [0.15, 0.2) is 0 Å². The normalized spacial score (nSPS) is 20.2. The third kappa shape index (κ3) is 1.77. The Kier molecular flexibility index (Phi) is 2.60. The van der Waals surface area contributed by atoms with Gasteiger partial charge in [0.25, 0.3) is 0 Å². The van der Waals surface area contributed by atoms with Gasteiger partial charge in [-0.2, -0.15) is 0 Å². The van der Waals surface area contributed by atoms with Gasteiger partial charge in [0.1, 0.15) is 0 Å². The van der Waals surface area contributed by atoms with Gasteiger partial charge in [-0.05, 0) is 18.2 Å². The third-order valence-electron chi connectivity index (χ3n) is 1.82. The number of aliphatic imine (C=N–C) groups is 1. The molecule has 11 heavy (non-hydrogen) atoms. The number of nitrogens with zero attached hydrogens (tertiary/aromatic N) is 2. The molecule has 2 heteroatoms. The largest absolute Gasteiger partial charge is 0.298 e. The van der Waals surface area contributed by atoms with Crippen LogP contribution in [0.5, 0.6) is 0 Å². The summed E-state index contributed by atoms with van der Waals surface area (Å²) in [4.78, 5) is 6.24. The van der Waals surface area contributed by atoms with Crippen LogP contribution in [0.4, 0.5) is 0 Å². The Hall–Kier alpha value is -0.890. The maximum Gasteiger partial charge on any atom is 0.0277 e. The van der Waals surface area contributed by atoms with E-state index in [1.54, 1.807) is 7.05 Å². The molecule has 1 rings (SSSR count). The lowest BCUT2D eigenvalue weighted by Crippen LogP contribution is -2.14. The summed E-state index contributed by atoms with van der Waals surface area (Å²) in [5.41, 5.74) is 2.60. The summed E-state index contributed by atoms with van der Waals surface area (Å²) in [6.45, 7) is 5.77. The molecule has 0 aromatic heterocycles. The van der Waals surface area contributed by atoms with Crippen molar-refractivity contribution in [3.8, 4) is 0 Å². The molecule has 0 amide bonds. The summed E-state index contributed by atoms with van der Waals surface area (Å²) in [5.74, 6) is 0. The highest BCUT2D eigenvalue weighted by Gasteiger charge is 2.14. The van der Waals surface area contributed by atoms with E-state index in [4.69, 9.17) is 0 Å². The molecular formula is C9H14N2. The molecule has 0 unspecified atom stereocenters. The Balaban J connectivity index is 2.79. The minimum Gasteiger partial charge on any atom is -0.298 e. The molecule has 0 aliphatic carbocycles. The van der Waals surface area contributed by atoms with Crippen LogP contribution in [-0.4, -0.2) is 38.3 Å². The molecule has 0 aromatic rings. The zero-order valence-corrected chi connectivity index (χ0v) is 7.17. The van der Waals surface area contributed by atoms with Crippen molar-refractivity contribution >= 4 is 6.21 Å². The summed E-state index contributed by atoms with van der Waals surface area (Å²) in [5, 5.41) is 0. The van der Waals surface area contributed by atoms with Crippen molar-refractivity contribution in [2.45, 2.75) is 0 Å². The minimum atomic E-state index is 0.999. The minimum absolute atomic E-state index is 0.999. The van der Waals surface area contributed by atoms with E-state index in [0.29, 0.717) is 0 Å². The average molecular weight is 150 g/mol. The van der Waals surface area contributed by atoms with Crippen molar-refractivity contribution < 1.29 is 0 Å². The average Bonchev–Trinajstić information content (AvgIpc) is 2.32. The SMILES string of the molecule is C=CC1=C(/C=N\C)CN(C)C1. The Bertz CT molecular complexity index is 214. The van der Waals surface area contributed by atoms with Gasteiger partial charge >= 0.3 is 0 Å². The number of rotatable bonds is 2. The summed E-state index contributed by atoms with van der Waals surface area (Å²) in [7, 11) is 3.89. The molecule has 0 saturated heterocycles. The number of likely N-dealkylation sites (N-methyl/N-ethyl adjacent to an activating group) is 1. The Labute approximate surface area is 67.9 Å². The van der Waals surface area contributed by atoms with Crippen molar-refractivity contribution in [2.75, 3.05) is 27.2 Å². The van der Waals surface area contributed by atoms with Gasteiger partial charge in [-0.1, -0.05) is 12.7 Å². The van der Waals surface area contributed by atoms with E-state index in [-0.39, 0.29) is 0 Å². The van der Waals surface area contributed by atoms with E-state index in [1.165, 1.54) is 11.1 Å². The van der Waals surface area contributed by atoms with Crippen molar-refractivity contribution in [1.82, 2.24) is 4.90 Å². The zero-order chi connectivity index (χ0) is 8.27. The van der Waals surface area contributed by atoms with Gasteiger partial charge < -0.3 is 0 Å². The summed E-state index contributed by atoms with van der Waals surface area (Å²) < 4.78 is 0. The molecule has 0 aromatic carbocycles. The van der Waals surface area contributed by atoms with Crippen LogP contribution < -0.4 is 0 Å². The quantitative estimate of drug-likeness (QED) is 0.538. The first-order valence-electron chi connectivity index (χ1n) is 3.73. The molecule has 0 N–H and O–H groups in total. The van der Waals surface area contributed by atoms with Crippen LogP contribution in [-0.2, 0) is 0 Å². The fourth-order valence-electron chi connectivity index (χ4n) is 1.32. The second-order valence-corrected chi connectivity index (χ2v) is 2.81. The number of hydrogen-bond acceptors (Lipinski definition) is 2. The molecule has 60 valence electrons. The molecule has 0 atom stereocenters. The second-order valence-electron chi connectivity index (χ2n) is 2.81. The van der Waals surface area contributed by atoms with Crippen LogP contribution >= 0.6 is 0 Å². The Morgan fingerprint density at radius 2 is 2.09 bits per heavy atom. The molecule has 1 aliphatic heterocycles. The van der Waals surface area contributed by atoms with E-state index in [1.807, 2.05) is 12.3 Å². The van der Waals surface area contributed by atoms with E-state index < -0.39 is 0 Å². The number of hydrogen-bond donors (Lipinski definition) is 0. The molecule has 0 radical (unpaired) electrons. The van der Waals surface area contributed by atoms with Crippen LogP contribution in [0.25, 0.3) is 0 Å². The summed E-state index contributed by atoms with van der Waals surface area (Å²) >= 11 is 0. The van der Waals surface area contributed by atoms with E-state index >= 15 is 0 Å².